The SMILES string of the molecule is COc1ccc(C)c(C(C)=C(C)C)c1. The lowest BCUT2D eigenvalue weighted by molar-refractivity contribution is 0.414. The maximum atomic E-state index is 5.22. The Labute approximate surface area is 86.4 Å². The van der Waals surface area contributed by atoms with Gasteiger partial charge in [-0.25, -0.2) is 0 Å². The lowest BCUT2D eigenvalue weighted by atomic mass is 9.98. The van der Waals surface area contributed by atoms with Gasteiger partial charge in [0.25, 0.3) is 0 Å². The van der Waals surface area contributed by atoms with E-state index in [1.54, 1.807) is 7.11 Å². The standard InChI is InChI=1S/C13H18O/c1-9(2)11(4)13-8-12(14-5)7-6-10(13)3/h6-8H,1-5H3. The van der Waals surface area contributed by atoms with Gasteiger partial charge >= 0.3 is 0 Å². The fraction of sp³-hybridized carbons (Fsp3) is 0.385. The van der Waals surface area contributed by atoms with Crippen LogP contribution in [0.5, 0.6) is 5.75 Å². The molecule has 1 rings (SSSR count). The molecule has 76 valence electrons. The van der Waals surface area contributed by atoms with Gasteiger partial charge in [0.05, 0.1) is 7.11 Å². The first-order chi connectivity index (χ1) is 6.56. The van der Waals surface area contributed by atoms with Crippen LogP contribution in [-0.4, -0.2) is 7.11 Å². The molecule has 0 N–H and O–H groups in total. The summed E-state index contributed by atoms with van der Waals surface area (Å²) in [4.78, 5) is 0. The Morgan fingerprint density at radius 1 is 1.14 bits per heavy atom. The molecule has 0 saturated carbocycles. The van der Waals surface area contributed by atoms with E-state index >= 15 is 0 Å². The second kappa shape index (κ2) is 4.32. The molecule has 1 aromatic carbocycles. The van der Waals surface area contributed by atoms with E-state index in [9.17, 15) is 0 Å². The summed E-state index contributed by atoms with van der Waals surface area (Å²) in [5, 5.41) is 0. The molecule has 0 unspecified atom stereocenters. The van der Waals surface area contributed by atoms with E-state index in [1.807, 2.05) is 6.07 Å². The van der Waals surface area contributed by atoms with Crippen molar-refractivity contribution in [3.8, 4) is 5.75 Å². The Hall–Kier alpha value is -1.24. The summed E-state index contributed by atoms with van der Waals surface area (Å²) in [6, 6.07) is 6.19. The number of aryl methyl sites for hydroxylation is 1. The van der Waals surface area contributed by atoms with E-state index in [0.717, 1.165) is 5.75 Å². The third kappa shape index (κ3) is 2.16. The maximum absolute atomic E-state index is 5.22. The van der Waals surface area contributed by atoms with Crippen molar-refractivity contribution in [1.82, 2.24) is 0 Å². The lowest BCUT2D eigenvalue weighted by Gasteiger charge is -2.10. The van der Waals surface area contributed by atoms with Crippen molar-refractivity contribution in [3.63, 3.8) is 0 Å². The highest BCUT2D eigenvalue weighted by Gasteiger charge is 2.03. The van der Waals surface area contributed by atoms with Crippen molar-refractivity contribution in [2.75, 3.05) is 7.11 Å². The molecule has 1 nitrogen and oxygen atoms in total. The van der Waals surface area contributed by atoms with Gasteiger partial charge in [-0.1, -0.05) is 11.6 Å². The molecule has 0 atom stereocenters. The van der Waals surface area contributed by atoms with Crippen LogP contribution in [0.3, 0.4) is 0 Å². The topological polar surface area (TPSA) is 9.23 Å². The number of methoxy groups -OCH3 is 1. The molecule has 0 aromatic heterocycles. The largest absolute Gasteiger partial charge is 0.497 e. The Bertz CT molecular complexity index is 357. The number of ether oxygens (including phenoxy) is 1. The minimum absolute atomic E-state index is 0.922. The summed E-state index contributed by atoms with van der Waals surface area (Å²) >= 11 is 0. The highest BCUT2D eigenvalue weighted by molar-refractivity contribution is 5.69. The summed E-state index contributed by atoms with van der Waals surface area (Å²) in [6.45, 7) is 8.54. The van der Waals surface area contributed by atoms with Crippen molar-refractivity contribution in [2.24, 2.45) is 0 Å². The Morgan fingerprint density at radius 2 is 1.79 bits per heavy atom. The van der Waals surface area contributed by atoms with Crippen LogP contribution in [0.25, 0.3) is 5.57 Å². The molecule has 0 aliphatic rings. The van der Waals surface area contributed by atoms with Gasteiger partial charge in [0.1, 0.15) is 5.75 Å². The fourth-order valence-corrected chi connectivity index (χ4v) is 1.40. The molecule has 1 heteroatoms. The molecular formula is C13H18O. The van der Waals surface area contributed by atoms with Crippen molar-refractivity contribution in [2.45, 2.75) is 27.7 Å². The predicted octanol–water partition coefficient (Wildman–Crippen LogP) is 3.82. The Balaban J connectivity index is 3.26. The first-order valence-corrected chi connectivity index (χ1v) is 4.85. The number of allylic oxidation sites excluding steroid dienone is 2. The van der Waals surface area contributed by atoms with Crippen molar-refractivity contribution in [3.05, 3.63) is 34.9 Å². The third-order valence-electron chi connectivity index (χ3n) is 2.60. The van der Waals surface area contributed by atoms with Gasteiger partial charge in [-0.15, -0.1) is 0 Å². The van der Waals surface area contributed by atoms with Crippen LogP contribution >= 0.6 is 0 Å². The van der Waals surface area contributed by atoms with Crippen molar-refractivity contribution >= 4 is 5.57 Å². The number of benzene rings is 1. The molecule has 0 fully saturated rings. The summed E-state index contributed by atoms with van der Waals surface area (Å²) in [7, 11) is 1.70. The van der Waals surface area contributed by atoms with E-state index in [2.05, 4.69) is 39.8 Å². The normalized spacial score (nSPS) is 9.79. The number of hydrogen-bond acceptors (Lipinski definition) is 1. The van der Waals surface area contributed by atoms with Gasteiger partial charge in [-0.05, 0) is 56.5 Å². The second-order valence-corrected chi connectivity index (χ2v) is 3.81. The van der Waals surface area contributed by atoms with Gasteiger partial charge in [0.15, 0.2) is 0 Å². The second-order valence-electron chi connectivity index (χ2n) is 3.81. The van der Waals surface area contributed by atoms with Crippen LogP contribution in [0.15, 0.2) is 23.8 Å². The molecular weight excluding hydrogens is 172 g/mol. The number of hydrogen-bond donors (Lipinski definition) is 0. The zero-order valence-corrected chi connectivity index (χ0v) is 9.64. The van der Waals surface area contributed by atoms with Gasteiger partial charge in [-0.3, -0.25) is 0 Å². The predicted molar refractivity (Wildman–Crippen MR) is 61.7 cm³/mol. The first kappa shape index (κ1) is 10.8. The minimum Gasteiger partial charge on any atom is -0.497 e. The van der Waals surface area contributed by atoms with E-state index in [-0.39, 0.29) is 0 Å². The van der Waals surface area contributed by atoms with Gasteiger partial charge in [0.2, 0.25) is 0 Å². The highest BCUT2D eigenvalue weighted by atomic mass is 16.5. The molecule has 0 saturated heterocycles. The van der Waals surface area contributed by atoms with Gasteiger partial charge in [-0.2, -0.15) is 0 Å². The molecule has 1 aromatic rings. The fourth-order valence-electron chi connectivity index (χ4n) is 1.40. The molecule has 0 amide bonds. The number of rotatable bonds is 2. The van der Waals surface area contributed by atoms with Crippen molar-refractivity contribution in [1.29, 1.82) is 0 Å². The van der Waals surface area contributed by atoms with Crippen LogP contribution in [0.4, 0.5) is 0 Å². The van der Waals surface area contributed by atoms with Gasteiger partial charge in [0, 0.05) is 0 Å². The van der Waals surface area contributed by atoms with Gasteiger partial charge < -0.3 is 4.74 Å². The summed E-state index contributed by atoms with van der Waals surface area (Å²) < 4.78 is 5.22. The molecule has 0 aliphatic carbocycles. The third-order valence-corrected chi connectivity index (χ3v) is 2.60. The van der Waals surface area contributed by atoms with E-state index < -0.39 is 0 Å². The Kier molecular flexibility index (Phi) is 3.34. The molecule has 0 radical (unpaired) electrons. The average molecular weight is 190 g/mol. The van der Waals surface area contributed by atoms with Crippen LogP contribution in [0, 0.1) is 6.92 Å². The average Bonchev–Trinajstić information content (AvgIpc) is 2.17. The lowest BCUT2D eigenvalue weighted by Crippen LogP contribution is -1.90. The van der Waals surface area contributed by atoms with E-state index in [4.69, 9.17) is 4.74 Å². The van der Waals surface area contributed by atoms with E-state index in [0.29, 0.717) is 0 Å². The van der Waals surface area contributed by atoms with Crippen LogP contribution in [0.1, 0.15) is 31.9 Å². The van der Waals surface area contributed by atoms with Crippen LogP contribution in [-0.2, 0) is 0 Å². The van der Waals surface area contributed by atoms with E-state index in [1.165, 1.54) is 22.3 Å². The quantitative estimate of drug-likeness (QED) is 0.689. The highest BCUT2D eigenvalue weighted by Crippen LogP contribution is 2.25. The molecule has 0 bridgehead atoms. The van der Waals surface area contributed by atoms with Crippen LogP contribution in [0.2, 0.25) is 0 Å². The summed E-state index contributed by atoms with van der Waals surface area (Å²) in [6.07, 6.45) is 0. The first-order valence-electron chi connectivity index (χ1n) is 4.85. The molecule has 0 spiro atoms. The zero-order chi connectivity index (χ0) is 10.7. The summed E-state index contributed by atoms with van der Waals surface area (Å²) in [5.41, 5.74) is 5.26. The summed E-state index contributed by atoms with van der Waals surface area (Å²) in [5.74, 6) is 0.922. The Morgan fingerprint density at radius 3 is 2.29 bits per heavy atom. The zero-order valence-electron chi connectivity index (χ0n) is 9.64. The minimum atomic E-state index is 0.922. The molecule has 0 heterocycles. The monoisotopic (exact) mass is 190 g/mol. The van der Waals surface area contributed by atoms with Crippen molar-refractivity contribution < 1.29 is 4.74 Å². The smallest absolute Gasteiger partial charge is 0.119 e. The maximum Gasteiger partial charge on any atom is 0.119 e. The molecule has 0 aliphatic heterocycles. The molecule has 14 heavy (non-hydrogen) atoms. The van der Waals surface area contributed by atoms with Crippen LogP contribution < -0.4 is 4.74 Å².